The van der Waals surface area contributed by atoms with E-state index >= 15 is 0 Å². The Morgan fingerprint density at radius 2 is 1.93 bits per heavy atom. The maximum absolute atomic E-state index is 5.73. The van der Waals surface area contributed by atoms with E-state index in [0.29, 0.717) is 5.41 Å². The lowest BCUT2D eigenvalue weighted by Crippen LogP contribution is -2.14. The molecule has 0 unspecified atom stereocenters. The van der Waals surface area contributed by atoms with Crippen molar-refractivity contribution in [3.05, 3.63) is 27.8 Å². The summed E-state index contributed by atoms with van der Waals surface area (Å²) in [6.07, 6.45) is 2.53. The minimum Gasteiger partial charge on any atom is -0.493 e. The average Bonchev–Trinajstić information content (AvgIpc) is 2.98. The first-order valence-electron chi connectivity index (χ1n) is 4.73. The van der Waals surface area contributed by atoms with Gasteiger partial charge in [-0.2, -0.15) is 12.6 Å². The van der Waals surface area contributed by atoms with E-state index in [1.807, 2.05) is 12.1 Å². The summed E-state index contributed by atoms with van der Waals surface area (Å²) in [7, 11) is 0. The van der Waals surface area contributed by atoms with Crippen molar-refractivity contribution in [1.82, 2.24) is 0 Å². The summed E-state index contributed by atoms with van der Waals surface area (Å²) in [6, 6.07) is 8.18. The molecule has 1 nitrogen and oxygen atoms in total. The number of hydrogen-bond donors (Lipinski definition) is 1. The summed E-state index contributed by atoms with van der Waals surface area (Å²) >= 11 is 6.64. The van der Waals surface area contributed by atoms with Gasteiger partial charge in [0.25, 0.3) is 0 Å². The smallest absolute Gasteiger partial charge is 0.119 e. The molecule has 76 valence electrons. The fourth-order valence-electron chi connectivity index (χ4n) is 1.29. The second kappa shape index (κ2) is 4.31. The Balaban J connectivity index is 1.89. The van der Waals surface area contributed by atoms with E-state index in [0.717, 1.165) is 18.1 Å². The minimum atomic E-state index is 0.381. The molecule has 1 fully saturated rings. The van der Waals surface area contributed by atoms with Gasteiger partial charge >= 0.3 is 0 Å². The van der Waals surface area contributed by atoms with E-state index in [-0.39, 0.29) is 0 Å². The zero-order chi connectivity index (χ0) is 10.0. The minimum absolute atomic E-state index is 0.381. The van der Waals surface area contributed by atoms with Crippen LogP contribution in [-0.4, -0.2) is 12.4 Å². The second-order valence-electron chi connectivity index (χ2n) is 3.90. The van der Waals surface area contributed by atoms with Gasteiger partial charge in [0.15, 0.2) is 0 Å². The van der Waals surface area contributed by atoms with E-state index in [1.54, 1.807) is 0 Å². The SMILES string of the molecule is SCC1(COc2ccc(I)cc2)CC1. The summed E-state index contributed by atoms with van der Waals surface area (Å²) < 4.78 is 6.97. The van der Waals surface area contributed by atoms with Crippen molar-refractivity contribution in [3.63, 3.8) is 0 Å². The average molecular weight is 320 g/mol. The molecular formula is C11H13IOS. The third-order valence-electron chi connectivity index (χ3n) is 2.65. The quantitative estimate of drug-likeness (QED) is 0.661. The van der Waals surface area contributed by atoms with Crippen LogP contribution in [0.25, 0.3) is 0 Å². The number of hydrogen-bond acceptors (Lipinski definition) is 2. The Hall–Kier alpha value is 0.1000. The van der Waals surface area contributed by atoms with Crippen LogP contribution < -0.4 is 4.74 Å². The van der Waals surface area contributed by atoms with E-state index in [1.165, 1.54) is 16.4 Å². The molecule has 1 saturated carbocycles. The predicted molar refractivity (Wildman–Crippen MR) is 70.2 cm³/mol. The molecule has 1 aromatic carbocycles. The Bertz CT molecular complexity index is 306. The van der Waals surface area contributed by atoms with Crippen molar-refractivity contribution >= 4 is 35.2 Å². The number of thiol groups is 1. The molecule has 0 saturated heterocycles. The van der Waals surface area contributed by atoms with Crippen LogP contribution in [0.3, 0.4) is 0 Å². The molecule has 0 aromatic heterocycles. The van der Waals surface area contributed by atoms with Crippen LogP contribution in [0.15, 0.2) is 24.3 Å². The number of halogens is 1. The first-order chi connectivity index (χ1) is 6.74. The number of ether oxygens (including phenoxy) is 1. The van der Waals surface area contributed by atoms with E-state index in [9.17, 15) is 0 Å². The number of rotatable bonds is 4. The molecule has 1 aliphatic rings. The molecule has 0 radical (unpaired) electrons. The Kier molecular flexibility index (Phi) is 3.27. The highest BCUT2D eigenvalue weighted by Crippen LogP contribution is 2.46. The molecule has 2 rings (SSSR count). The zero-order valence-electron chi connectivity index (χ0n) is 7.87. The van der Waals surface area contributed by atoms with Gasteiger partial charge in [0, 0.05) is 8.99 Å². The third-order valence-corrected chi connectivity index (χ3v) is 4.04. The van der Waals surface area contributed by atoms with Gasteiger partial charge < -0.3 is 4.74 Å². The predicted octanol–water partition coefficient (Wildman–Crippen LogP) is 3.38. The lowest BCUT2D eigenvalue weighted by Gasteiger charge is -2.13. The topological polar surface area (TPSA) is 9.23 Å². The van der Waals surface area contributed by atoms with Crippen molar-refractivity contribution in [2.75, 3.05) is 12.4 Å². The standard InChI is InChI=1S/C11H13IOS/c12-9-1-3-10(4-2-9)13-7-11(8-14)5-6-11/h1-4,14H,5-8H2. The highest BCUT2D eigenvalue weighted by atomic mass is 127. The van der Waals surface area contributed by atoms with Gasteiger partial charge in [0.2, 0.25) is 0 Å². The third kappa shape index (κ3) is 2.57. The molecule has 0 atom stereocenters. The van der Waals surface area contributed by atoms with Crippen molar-refractivity contribution < 1.29 is 4.74 Å². The zero-order valence-corrected chi connectivity index (χ0v) is 10.9. The van der Waals surface area contributed by atoms with Gasteiger partial charge in [-0.15, -0.1) is 0 Å². The van der Waals surface area contributed by atoms with Crippen LogP contribution in [-0.2, 0) is 0 Å². The van der Waals surface area contributed by atoms with Crippen LogP contribution in [0.2, 0.25) is 0 Å². The first kappa shape index (κ1) is 10.6. The summed E-state index contributed by atoms with van der Waals surface area (Å²) in [4.78, 5) is 0. The lowest BCUT2D eigenvalue weighted by atomic mass is 10.2. The van der Waals surface area contributed by atoms with E-state index < -0.39 is 0 Å². The highest BCUT2D eigenvalue weighted by molar-refractivity contribution is 14.1. The Morgan fingerprint density at radius 1 is 1.29 bits per heavy atom. The van der Waals surface area contributed by atoms with Gasteiger partial charge in [0.1, 0.15) is 5.75 Å². The summed E-state index contributed by atoms with van der Waals surface area (Å²) in [5, 5.41) is 0. The second-order valence-corrected chi connectivity index (χ2v) is 5.46. The maximum atomic E-state index is 5.73. The molecule has 3 heteroatoms. The molecule has 0 amide bonds. The van der Waals surface area contributed by atoms with Crippen molar-refractivity contribution in [2.24, 2.45) is 5.41 Å². The summed E-state index contributed by atoms with van der Waals surface area (Å²) in [6.45, 7) is 0.817. The fourth-order valence-corrected chi connectivity index (χ4v) is 2.06. The van der Waals surface area contributed by atoms with E-state index in [4.69, 9.17) is 4.74 Å². The Morgan fingerprint density at radius 3 is 2.43 bits per heavy atom. The van der Waals surface area contributed by atoms with Gasteiger partial charge in [0.05, 0.1) is 6.61 Å². The van der Waals surface area contributed by atoms with Crippen LogP contribution in [0.4, 0.5) is 0 Å². The summed E-state index contributed by atoms with van der Waals surface area (Å²) in [5.41, 5.74) is 0.381. The maximum Gasteiger partial charge on any atom is 0.119 e. The van der Waals surface area contributed by atoms with E-state index in [2.05, 4.69) is 47.4 Å². The van der Waals surface area contributed by atoms with Gasteiger partial charge in [-0.1, -0.05) is 0 Å². The van der Waals surface area contributed by atoms with Crippen molar-refractivity contribution in [2.45, 2.75) is 12.8 Å². The normalized spacial score (nSPS) is 17.9. The van der Waals surface area contributed by atoms with Crippen molar-refractivity contribution in [1.29, 1.82) is 0 Å². The lowest BCUT2D eigenvalue weighted by molar-refractivity contribution is 0.250. The molecular weight excluding hydrogens is 307 g/mol. The van der Waals surface area contributed by atoms with Crippen LogP contribution in [0.1, 0.15) is 12.8 Å². The molecule has 0 N–H and O–H groups in total. The molecule has 0 aliphatic heterocycles. The monoisotopic (exact) mass is 320 g/mol. The fraction of sp³-hybridized carbons (Fsp3) is 0.455. The molecule has 1 aliphatic carbocycles. The number of benzene rings is 1. The van der Waals surface area contributed by atoms with Gasteiger partial charge in [-0.3, -0.25) is 0 Å². The van der Waals surface area contributed by atoms with Crippen molar-refractivity contribution in [3.8, 4) is 5.75 Å². The first-order valence-corrected chi connectivity index (χ1v) is 6.44. The molecule has 0 heterocycles. The largest absolute Gasteiger partial charge is 0.493 e. The molecule has 14 heavy (non-hydrogen) atoms. The highest BCUT2D eigenvalue weighted by Gasteiger charge is 2.42. The van der Waals surface area contributed by atoms with Gasteiger partial charge in [-0.05, 0) is 65.5 Å². The van der Waals surface area contributed by atoms with Crippen LogP contribution >= 0.6 is 35.2 Å². The van der Waals surface area contributed by atoms with Gasteiger partial charge in [-0.25, -0.2) is 0 Å². The van der Waals surface area contributed by atoms with Crippen LogP contribution in [0, 0.1) is 8.99 Å². The molecule has 1 aromatic rings. The molecule has 0 spiro atoms. The van der Waals surface area contributed by atoms with Crippen LogP contribution in [0.5, 0.6) is 5.75 Å². The molecule has 0 bridgehead atoms. The summed E-state index contributed by atoms with van der Waals surface area (Å²) in [5.74, 6) is 1.91. The Labute approximate surface area is 104 Å².